The van der Waals surface area contributed by atoms with Crippen molar-refractivity contribution in [3.63, 3.8) is 0 Å². The topological polar surface area (TPSA) is 43.4 Å². The van der Waals surface area contributed by atoms with Gasteiger partial charge in [-0.25, -0.2) is 4.79 Å². The van der Waals surface area contributed by atoms with Gasteiger partial charge >= 0.3 is 5.97 Å². The smallest absolute Gasteiger partial charge is 0.341 e. The van der Waals surface area contributed by atoms with Crippen LogP contribution in [0.5, 0.6) is 0 Å². The molecule has 84 valence electrons. The molecule has 15 heavy (non-hydrogen) atoms. The Kier molecular flexibility index (Phi) is 4.53. The van der Waals surface area contributed by atoms with E-state index in [9.17, 15) is 9.59 Å². The highest BCUT2D eigenvalue weighted by Crippen LogP contribution is 2.26. The molecule has 3 nitrogen and oxygen atoms in total. The van der Waals surface area contributed by atoms with Crippen molar-refractivity contribution in [3.8, 4) is 0 Å². The molecule has 0 atom stereocenters. The third kappa shape index (κ3) is 3.18. The second kappa shape index (κ2) is 5.69. The molecule has 1 saturated carbocycles. The molecule has 0 amide bonds. The standard InChI is InChI=1S/C12H18O3/c1-3-15-12(14)9(2)11(13)10-7-5-4-6-8-10/h10H,2-8H2,1H3. The lowest BCUT2D eigenvalue weighted by Gasteiger charge is -2.20. The van der Waals surface area contributed by atoms with Crippen LogP contribution in [-0.2, 0) is 14.3 Å². The molecule has 3 heteroatoms. The minimum Gasteiger partial charge on any atom is -0.462 e. The van der Waals surface area contributed by atoms with Gasteiger partial charge in [-0.3, -0.25) is 4.79 Å². The largest absolute Gasteiger partial charge is 0.462 e. The molecule has 0 aromatic carbocycles. The molecule has 0 aromatic heterocycles. The Morgan fingerprint density at radius 2 is 1.87 bits per heavy atom. The van der Waals surface area contributed by atoms with Crippen LogP contribution in [0, 0.1) is 5.92 Å². The van der Waals surface area contributed by atoms with Crippen LogP contribution in [0.15, 0.2) is 12.2 Å². The summed E-state index contributed by atoms with van der Waals surface area (Å²) in [6, 6.07) is 0. The average molecular weight is 210 g/mol. The van der Waals surface area contributed by atoms with E-state index in [1.165, 1.54) is 6.42 Å². The first-order valence-electron chi connectivity index (χ1n) is 5.57. The summed E-state index contributed by atoms with van der Waals surface area (Å²) >= 11 is 0. The molecule has 0 saturated heterocycles. The van der Waals surface area contributed by atoms with Crippen LogP contribution in [0.4, 0.5) is 0 Å². The molecule has 0 N–H and O–H groups in total. The minimum atomic E-state index is -0.562. The molecule has 0 bridgehead atoms. The van der Waals surface area contributed by atoms with E-state index in [0.717, 1.165) is 25.7 Å². The summed E-state index contributed by atoms with van der Waals surface area (Å²) in [4.78, 5) is 23.1. The van der Waals surface area contributed by atoms with Crippen LogP contribution in [0.2, 0.25) is 0 Å². The van der Waals surface area contributed by atoms with Crippen molar-refractivity contribution in [1.82, 2.24) is 0 Å². The maximum absolute atomic E-state index is 11.8. The number of hydrogen-bond acceptors (Lipinski definition) is 3. The van der Waals surface area contributed by atoms with E-state index in [-0.39, 0.29) is 23.9 Å². The van der Waals surface area contributed by atoms with Crippen LogP contribution < -0.4 is 0 Å². The normalized spacial score (nSPS) is 17.1. The lowest BCUT2D eigenvalue weighted by atomic mass is 9.84. The molecule has 1 fully saturated rings. The van der Waals surface area contributed by atoms with Crippen LogP contribution in [0.3, 0.4) is 0 Å². The second-order valence-electron chi connectivity index (χ2n) is 3.90. The number of esters is 1. The number of rotatable bonds is 4. The first-order chi connectivity index (χ1) is 7.16. The van der Waals surface area contributed by atoms with E-state index in [2.05, 4.69) is 6.58 Å². The lowest BCUT2D eigenvalue weighted by Crippen LogP contribution is -2.24. The Bertz CT molecular complexity index is 262. The zero-order valence-corrected chi connectivity index (χ0v) is 9.25. The summed E-state index contributed by atoms with van der Waals surface area (Å²) in [7, 11) is 0. The van der Waals surface area contributed by atoms with E-state index < -0.39 is 5.97 Å². The second-order valence-corrected chi connectivity index (χ2v) is 3.90. The zero-order chi connectivity index (χ0) is 11.3. The highest BCUT2D eigenvalue weighted by Gasteiger charge is 2.26. The summed E-state index contributed by atoms with van der Waals surface area (Å²) in [5, 5.41) is 0. The number of ether oxygens (including phenoxy) is 1. The number of carbonyl (C=O) groups excluding carboxylic acids is 2. The Morgan fingerprint density at radius 1 is 1.27 bits per heavy atom. The van der Waals surface area contributed by atoms with Crippen LogP contribution in [0.25, 0.3) is 0 Å². The molecule has 0 unspecified atom stereocenters. The van der Waals surface area contributed by atoms with Crippen molar-refractivity contribution < 1.29 is 14.3 Å². The highest BCUT2D eigenvalue weighted by atomic mass is 16.5. The predicted octanol–water partition coefficient (Wildman–Crippen LogP) is 2.26. The Balaban J connectivity index is 2.51. The molecule has 0 spiro atoms. The molecule has 1 rings (SSSR count). The molecule has 0 heterocycles. The average Bonchev–Trinajstić information content (AvgIpc) is 2.28. The quantitative estimate of drug-likeness (QED) is 0.309. The fourth-order valence-corrected chi connectivity index (χ4v) is 1.93. The monoisotopic (exact) mass is 210 g/mol. The van der Waals surface area contributed by atoms with E-state index in [4.69, 9.17) is 4.74 Å². The van der Waals surface area contributed by atoms with Gasteiger partial charge in [0.1, 0.15) is 0 Å². The van der Waals surface area contributed by atoms with Crippen molar-refractivity contribution in [2.45, 2.75) is 39.0 Å². The molecule has 0 radical (unpaired) electrons. The van der Waals surface area contributed by atoms with Gasteiger partial charge in [0.2, 0.25) is 0 Å². The van der Waals surface area contributed by atoms with Crippen molar-refractivity contribution in [3.05, 3.63) is 12.2 Å². The van der Waals surface area contributed by atoms with Crippen molar-refractivity contribution in [1.29, 1.82) is 0 Å². The zero-order valence-electron chi connectivity index (χ0n) is 9.25. The predicted molar refractivity (Wildman–Crippen MR) is 57.4 cm³/mol. The van der Waals surface area contributed by atoms with Gasteiger partial charge in [0, 0.05) is 5.92 Å². The van der Waals surface area contributed by atoms with Gasteiger partial charge in [-0.2, -0.15) is 0 Å². The maximum atomic E-state index is 11.8. The van der Waals surface area contributed by atoms with Gasteiger partial charge in [-0.05, 0) is 19.8 Å². The summed E-state index contributed by atoms with van der Waals surface area (Å²) in [6.07, 6.45) is 5.11. The Hall–Kier alpha value is -1.12. The molecule has 1 aliphatic carbocycles. The van der Waals surface area contributed by atoms with E-state index >= 15 is 0 Å². The van der Waals surface area contributed by atoms with Crippen LogP contribution >= 0.6 is 0 Å². The van der Waals surface area contributed by atoms with Crippen molar-refractivity contribution in [2.24, 2.45) is 5.92 Å². The van der Waals surface area contributed by atoms with Crippen LogP contribution in [-0.4, -0.2) is 18.4 Å². The van der Waals surface area contributed by atoms with E-state index in [1.54, 1.807) is 6.92 Å². The van der Waals surface area contributed by atoms with Gasteiger partial charge in [0.15, 0.2) is 5.78 Å². The third-order valence-electron chi connectivity index (χ3n) is 2.80. The number of ketones is 1. The lowest BCUT2D eigenvalue weighted by molar-refractivity contribution is -0.140. The first-order valence-corrected chi connectivity index (χ1v) is 5.57. The van der Waals surface area contributed by atoms with Gasteiger partial charge in [-0.1, -0.05) is 25.8 Å². The maximum Gasteiger partial charge on any atom is 0.341 e. The van der Waals surface area contributed by atoms with Crippen LogP contribution in [0.1, 0.15) is 39.0 Å². The fraction of sp³-hybridized carbons (Fsp3) is 0.667. The minimum absolute atomic E-state index is 0.00402. The Labute approximate surface area is 90.5 Å². The number of hydrogen-bond donors (Lipinski definition) is 0. The fourth-order valence-electron chi connectivity index (χ4n) is 1.93. The number of Topliss-reactive ketones (excluding diaryl/α,β-unsaturated/α-hetero) is 1. The Morgan fingerprint density at radius 3 is 2.40 bits per heavy atom. The third-order valence-corrected chi connectivity index (χ3v) is 2.80. The van der Waals surface area contributed by atoms with Gasteiger partial charge in [0.05, 0.1) is 12.2 Å². The molecule has 0 aliphatic heterocycles. The SMILES string of the molecule is C=C(C(=O)OCC)C(=O)C1CCCCC1. The van der Waals surface area contributed by atoms with Gasteiger partial charge < -0.3 is 4.74 Å². The molecule has 0 aromatic rings. The van der Waals surface area contributed by atoms with Crippen molar-refractivity contribution in [2.75, 3.05) is 6.61 Å². The molecule has 1 aliphatic rings. The summed E-state index contributed by atoms with van der Waals surface area (Å²) in [5.41, 5.74) is 0.0174. The van der Waals surface area contributed by atoms with E-state index in [1.807, 2.05) is 0 Å². The number of carbonyl (C=O) groups is 2. The first kappa shape index (κ1) is 12.0. The highest BCUT2D eigenvalue weighted by molar-refractivity contribution is 6.17. The van der Waals surface area contributed by atoms with Crippen molar-refractivity contribution >= 4 is 11.8 Å². The van der Waals surface area contributed by atoms with Gasteiger partial charge in [0.25, 0.3) is 0 Å². The summed E-state index contributed by atoms with van der Waals surface area (Å²) in [6.45, 7) is 5.53. The van der Waals surface area contributed by atoms with E-state index in [0.29, 0.717) is 0 Å². The van der Waals surface area contributed by atoms with Gasteiger partial charge in [-0.15, -0.1) is 0 Å². The molecular weight excluding hydrogens is 192 g/mol. The molecular formula is C12H18O3. The summed E-state index contributed by atoms with van der Waals surface area (Å²) in [5.74, 6) is -0.683. The summed E-state index contributed by atoms with van der Waals surface area (Å²) < 4.78 is 4.76.